The van der Waals surface area contributed by atoms with Crippen molar-refractivity contribution in [3.63, 3.8) is 0 Å². The molecule has 34 heavy (non-hydrogen) atoms. The van der Waals surface area contributed by atoms with Crippen molar-refractivity contribution >= 4 is 21.5 Å². The number of methoxy groups -OCH3 is 3. The Morgan fingerprint density at radius 1 is 0.471 bits per heavy atom. The fourth-order valence-corrected chi connectivity index (χ4v) is 4.46. The normalized spacial score (nSPS) is 10.9. The Hall–Kier alpha value is -4.31. The van der Waals surface area contributed by atoms with Crippen molar-refractivity contribution in [2.75, 3.05) is 21.3 Å². The molecule has 0 bridgehead atoms. The van der Waals surface area contributed by atoms with Gasteiger partial charge in [0.05, 0.1) is 21.3 Å². The van der Waals surface area contributed by atoms with Crippen LogP contribution in [-0.4, -0.2) is 21.3 Å². The summed E-state index contributed by atoms with van der Waals surface area (Å²) in [6.45, 7) is 0. The Morgan fingerprint density at radius 2 is 0.912 bits per heavy atom. The van der Waals surface area contributed by atoms with Crippen LogP contribution in [0.5, 0.6) is 17.2 Å². The zero-order valence-corrected chi connectivity index (χ0v) is 19.3. The van der Waals surface area contributed by atoms with Crippen LogP contribution in [0, 0.1) is 0 Å². The third-order valence-corrected chi connectivity index (χ3v) is 6.13. The molecule has 0 radical (unpaired) electrons. The first-order valence-electron chi connectivity index (χ1n) is 11.0. The van der Waals surface area contributed by atoms with Crippen LogP contribution in [0.3, 0.4) is 0 Å². The monoisotopic (exact) mass is 448 g/mol. The predicted molar refractivity (Wildman–Crippen MR) is 138 cm³/mol. The van der Waals surface area contributed by atoms with Crippen LogP contribution in [-0.2, 0) is 0 Å². The lowest BCUT2D eigenvalue weighted by Crippen LogP contribution is -2.08. The molecule has 0 amide bonds. The molecule has 4 nitrogen and oxygen atoms in total. The number of rotatable bonds is 5. The Balaban J connectivity index is 1.88. The summed E-state index contributed by atoms with van der Waals surface area (Å²) in [6.07, 6.45) is 0. The molecule has 4 heteroatoms. The molecule has 0 unspecified atom stereocenters. The van der Waals surface area contributed by atoms with Gasteiger partial charge < -0.3 is 14.2 Å². The van der Waals surface area contributed by atoms with Gasteiger partial charge in [-0.05, 0) is 50.9 Å². The second-order valence-corrected chi connectivity index (χ2v) is 8.02. The van der Waals surface area contributed by atoms with E-state index in [0.29, 0.717) is 11.3 Å². The Labute approximate surface area is 198 Å². The molecule has 5 rings (SSSR count). The van der Waals surface area contributed by atoms with Crippen LogP contribution in [0.25, 0.3) is 43.8 Å². The van der Waals surface area contributed by atoms with Gasteiger partial charge in [0.2, 0.25) is 5.75 Å². The van der Waals surface area contributed by atoms with Gasteiger partial charge in [-0.1, -0.05) is 72.8 Å². The van der Waals surface area contributed by atoms with Gasteiger partial charge in [0.1, 0.15) is 0 Å². The van der Waals surface area contributed by atoms with Crippen molar-refractivity contribution in [2.45, 2.75) is 0 Å². The maximum absolute atomic E-state index is 13.5. The number of ether oxygens (including phenoxy) is 3. The highest BCUT2D eigenvalue weighted by Crippen LogP contribution is 2.41. The van der Waals surface area contributed by atoms with Crippen molar-refractivity contribution in [3.8, 4) is 39.5 Å². The highest BCUT2D eigenvalue weighted by atomic mass is 16.5. The van der Waals surface area contributed by atoms with Crippen molar-refractivity contribution < 1.29 is 14.2 Å². The summed E-state index contributed by atoms with van der Waals surface area (Å²) in [5.74, 6) is 0.681. The number of hydrogen-bond acceptors (Lipinski definition) is 4. The molecule has 5 aromatic rings. The summed E-state index contributed by atoms with van der Waals surface area (Å²) in [4.78, 5) is 13.5. The highest BCUT2D eigenvalue weighted by molar-refractivity contribution is 5.92. The van der Waals surface area contributed by atoms with Crippen LogP contribution in [0.1, 0.15) is 0 Å². The van der Waals surface area contributed by atoms with Crippen LogP contribution in [0.15, 0.2) is 95.8 Å². The summed E-state index contributed by atoms with van der Waals surface area (Å²) in [7, 11) is 4.52. The average molecular weight is 449 g/mol. The van der Waals surface area contributed by atoms with Crippen molar-refractivity contribution in [1.82, 2.24) is 0 Å². The minimum Gasteiger partial charge on any atom is -0.492 e. The van der Waals surface area contributed by atoms with E-state index in [1.165, 1.54) is 14.2 Å². The van der Waals surface area contributed by atoms with E-state index in [1.807, 2.05) is 48.5 Å². The molecule has 0 saturated heterocycles. The van der Waals surface area contributed by atoms with E-state index in [0.717, 1.165) is 38.2 Å². The number of benzene rings is 4. The smallest absolute Gasteiger partial charge is 0.266 e. The molecule has 0 saturated carbocycles. The quantitative estimate of drug-likeness (QED) is 0.300. The van der Waals surface area contributed by atoms with E-state index in [2.05, 4.69) is 42.5 Å². The molecule has 5 aromatic carbocycles. The largest absolute Gasteiger partial charge is 0.492 e. The van der Waals surface area contributed by atoms with Gasteiger partial charge in [0.25, 0.3) is 5.43 Å². The van der Waals surface area contributed by atoms with Gasteiger partial charge in [0, 0.05) is 11.1 Å². The summed E-state index contributed by atoms with van der Waals surface area (Å²) < 4.78 is 17.0. The second kappa shape index (κ2) is 8.91. The predicted octanol–water partition coefficient (Wildman–Crippen LogP) is 6.71. The number of fused-ring (bicyclic) bond motifs is 2. The lowest BCUT2D eigenvalue weighted by molar-refractivity contribution is 0.350. The van der Waals surface area contributed by atoms with E-state index in [9.17, 15) is 4.79 Å². The van der Waals surface area contributed by atoms with Gasteiger partial charge in [-0.3, -0.25) is 4.79 Å². The molecule has 0 aliphatic heterocycles. The van der Waals surface area contributed by atoms with Gasteiger partial charge in [-0.15, -0.1) is 0 Å². The Morgan fingerprint density at radius 3 is 1.38 bits per heavy atom. The molecule has 0 aliphatic rings. The van der Waals surface area contributed by atoms with Gasteiger partial charge in [-0.25, -0.2) is 0 Å². The van der Waals surface area contributed by atoms with E-state index < -0.39 is 0 Å². The van der Waals surface area contributed by atoms with Crippen molar-refractivity contribution in [2.24, 2.45) is 0 Å². The van der Waals surface area contributed by atoms with Crippen LogP contribution < -0.4 is 19.6 Å². The first-order chi connectivity index (χ1) is 16.6. The van der Waals surface area contributed by atoms with Gasteiger partial charge >= 0.3 is 0 Å². The first kappa shape index (κ1) is 21.5. The van der Waals surface area contributed by atoms with Crippen LogP contribution in [0.2, 0.25) is 0 Å². The zero-order valence-electron chi connectivity index (χ0n) is 19.3. The molecular formula is C30H24O4. The number of hydrogen-bond donors (Lipinski definition) is 0. The molecule has 0 fully saturated rings. The third-order valence-electron chi connectivity index (χ3n) is 6.13. The molecule has 0 heterocycles. The lowest BCUT2D eigenvalue weighted by atomic mass is 9.98. The van der Waals surface area contributed by atoms with E-state index in [-0.39, 0.29) is 16.9 Å². The molecular weight excluding hydrogens is 424 g/mol. The fraction of sp³-hybridized carbons (Fsp3) is 0.100. The van der Waals surface area contributed by atoms with Crippen molar-refractivity contribution in [3.05, 3.63) is 101 Å². The lowest BCUT2D eigenvalue weighted by Gasteiger charge is -2.10. The maximum atomic E-state index is 13.5. The summed E-state index contributed by atoms with van der Waals surface area (Å²) in [5, 5.41) is 4.42. The minimum atomic E-state index is -0.364. The average Bonchev–Trinajstić information content (AvgIpc) is 3.01. The third kappa shape index (κ3) is 3.63. The summed E-state index contributed by atoms with van der Waals surface area (Å²) in [6, 6.07) is 30.5. The zero-order chi connectivity index (χ0) is 23.7. The standard InChI is InChI=1S/C30H24O4/c1-32-28-25(23-14-12-19-8-4-6-10-21(19)16-23)18-26(29(33-2)30(34-3)27(28)31)24-15-13-20-9-5-7-11-22(20)17-24/h4-18H,1-3H3. The Kier molecular flexibility index (Phi) is 5.64. The first-order valence-corrected chi connectivity index (χ1v) is 11.0. The molecule has 0 spiro atoms. The van der Waals surface area contributed by atoms with Crippen molar-refractivity contribution in [1.29, 1.82) is 0 Å². The maximum Gasteiger partial charge on any atom is 0.266 e. The molecule has 0 aromatic heterocycles. The Bertz CT molecular complexity index is 1590. The van der Waals surface area contributed by atoms with E-state index >= 15 is 0 Å². The summed E-state index contributed by atoms with van der Waals surface area (Å²) in [5.41, 5.74) is 2.83. The van der Waals surface area contributed by atoms with E-state index in [1.54, 1.807) is 7.11 Å². The molecule has 0 atom stereocenters. The SMILES string of the molecule is COc1c(-c2ccc3ccccc3c2)cc(-c2ccc3ccccc3c2)c(OC)c(=O)c1OC. The topological polar surface area (TPSA) is 44.8 Å². The van der Waals surface area contributed by atoms with Gasteiger partial charge in [-0.2, -0.15) is 0 Å². The molecule has 0 N–H and O–H groups in total. The molecule has 0 aliphatic carbocycles. The second-order valence-electron chi connectivity index (χ2n) is 8.02. The van der Waals surface area contributed by atoms with Crippen LogP contribution in [0.4, 0.5) is 0 Å². The van der Waals surface area contributed by atoms with Gasteiger partial charge in [0.15, 0.2) is 11.5 Å². The minimum absolute atomic E-state index is 0.106. The van der Waals surface area contributed by atoms with Crippen LogP contribution >= 0.6 is 0 Å². The molecule has 168 valence electrons. The highest BCUT2D eigenvalue weighted by Gasteiger charge is 2.22. The van der Waals surface area contributed by atoms with E-state index in [4.69, 9.17) is 14.2 Å². The fourth-order valence-electron chi connectivity index (χ4n) is 4.46. The summed E-state index contributed by atoms with van der Waals surface area (Å²) >= 11 is 0.